The SMILES string of the molecule is N[C@H](c1ccco1)[C@@H]1C[C@H]1c1ccco1. The number of hydrogen-bond acceptors (Lipinski definition) is 3. The van der Waals surface area contributed by atoms with Gasteiger partial charge in [0.2, 0.25) is 0 Å². The molecular weight excluding hydrogens is 190 g/mol. The van der Waals surface area contributed by atoms with Crippen LogP contribution in [-0.4, -0.2) is 0 Å². The van der Waals surface area contributed by atoms with Crippen LogP contribution in [0.5, 0.6) is 0 Å². The van der Waals surface area contributed by atoms with Gasteiger partial charge in [-0.2, -0.15) is 0 Å². The van der Waals surface area contributed by atoms with Crippen LogP contribution < -0.4 is 5.73 Å². The Morgan fingerprint density at radius 2 is 2.00 bits per heavy atom. The van der Waals surface area contributed by atoms with Crippen LogP contribution in [0, 0.1) is 5.92 Å². The van der Waals surface area contributed by atoms with Gasteiger partial charge in [0.25, 0.3) is 0 Å². The van der Waals surface area contributed by atoms with Crippen LogP contribution in [0.25, 0.3) is 0 Å². The third-order valence-electron chi connectivity index (χ3n) is 3.08. The molecule has 0 bridgehead atoms. The first-order valence-corrected chi connectivity index (χ1v) is 5.18. The first-order chi connectivity index (χ1) is 7.36. The van der Waals surface area contributed by atoms with E-state index in [1.165, 1.54) is 0 Å². The minimum absolute atomic E-state index is 0.00454. The molecule has 2 heterocycles. The molecule has 1 aliphatic carbocycles. The summed E-state index contributed by atoms with van der Waals surface area (Å²) in [5, 5.41) is 0. The molecule has 78 valence electrons. The first-order valence-electron chi connectivity index (χ1n) is 5.18. The van der Waals surface area contributed by atoms with Gasteiger partial charge in [-0.25, -0.2) is 0 Å². The molecule has 1 fully saturated rings. The highest BCUT2D eigenvalue weighted by Gasteiger charge is 2.45. The second-order valence-corrected chi connectivity index (χ2v) is 4.06. The van der Waals surface area contributed by atoms with Gasteiger partial charge < -0.3 is 14.6 Å². The lowest BCUT2D eigenvalue weighted by molar-refractivity contribution is 0.428. The summed E-state index contributed by atoms with van der Waals surface area (Å²) < 4.78 is 10.7. The summed E-state index contributed by atoms with van der Waals surface area (Å²) in [6.07, 6.45) is 4.47. The van der Waals surface area contributed by atoms with E-state index in [0.717, 1.165) is 17.9 Å². The molecule has 0 spiro atoms. The molecule has 0 aromatic carbocycles. The Bertz CT molecular complexity index is 418. The molecule has 3 rings (SSSR count). The molecule has 15 heavy (non-hydrogen) atoms. The lowest BCUT2D eigenvalue weighted by atomic mass is 10.1. The molecule has 1 aliphatic rings. The van der Waals surface area contributed by atoms with Gasteiger partial charge >= 0.3 is 0 Å². The Kier molecular flexibility index (Phi) is 1.92. The largest absolute Gasteiger partial charge is 0.469 e. The predicted octanol–water partition coefficient (Wildman–Crippen LogP) is 2.68. The van der Waals surface area contributed by atoms with Crippen LogP contribution in [0.1, 0.15) is 29.9 Å². The van der Waals surface area contributed by atoms with Gasteiger partial charge in [0.1, 0.15) is 11.5 Å². The molecule has 3 atom stereocenters. The minimum Gasteiger partial charge on any atom is -0.469 e. The van der Waals surface area contributed by atoms with E-state index in [-0.39, 0.29) is 6.04 Å². The topological polar surface area (TPSA) is 52.3 Å². The Balaban J connectivity index is 1.72. The van der Waals surface area contributed by atoms with Gasteiger partial charge in [0, 0.05) is 5.92 Å². The smallest absolute Gasteiger partial charge is 0.120 e. The zero-order valence-electron chi connectivity index (χ0n) is 8.30. The standard InChI is InChI=1S/C12H13NO2/c13-12(11-4-2-6-15-11)9-7-8(9)10-3-1-5-14-10/h1-6,8-9,12H,7,13H2/t8-,9-,12+/m1/s1. The van der Waals surface area contributed by atoms with E-state index in [2.05, 4.69) is 0 Å². The molecule has 2 aromatic heterocycles. The molecule has 0 radical (unpaired) electrons. The molecule has 1 saturated carbocycles. The Morgan fingerprint density at radius 1 is 1.20 bits per heavy atom. The normalized spacial score (nSPS) is 26.5. The third kappa shape index (κ3) is 1.49. The van der Waals surface area contributed by atoms with Crippen molar-refractivity contribution in [1.29, 1.82) is 0 Å². The molecule has 0 aliphatic heterocycles. The van der Waals surface area contributed by atoms with Crippen molar-refractivity contribution in [3.63, 3.8) is 0 Å². The first kappa shape index (κ1) is 8.80. The summed E-state index contributed by atoms with van der Waals surface area (Å²) in [4.78, 5) is 0. The highest BCUT2D eigenvalue weighted by atomic mass is 16.3. The van der Waals surface area contributed by atoms with Crippen molar-refractivity contribution in [2.45, 2.75) is 18.4 Å². The quantitative estimate of drug-likeness (QED) is 0.834. The molecule has 3 nitrogen and oxygen atoms in total. The Morgan fingerprint density at radius 3 is 2.67 bits per heavy atom. The third-order valence-corrected chi connectivity index (χ3v) is 3.08. The van der Waals surface area contributed by atoms with Gasteiger partial charge in [-0.05, 0) is 36.6 Å². The van der Waals surface area contributed by atoms with Crippen molar-refractivity contribution in [2.75, 3.05) is 0 Å². The van der Waals surface area contributed by atoms with E-state index in [4.69, 9.17) is 14.6 Å². The zero-order valence-corrected chi connectivity index (χ0v) is 8.30. The van der Waals surface area contributed by atoms with Crippen LogP contribution >= 0.6 is 0 Å². The monoisotopic (exact) mass is 203 g/mol. The van der Waals surface area contributed by atoms with Crippen molar-refractivity contribution in [1.82, 2.24) is 0 Å². The number of nitrogens with two attached hydrogens (primary N) is 1. The van der Waals surface area contributed by atoms with Crippen LogP contribution in [0.15, 0.2) is 45.6 Å². The molecule has 2 aromatic rings. The van der Waals surface area contributed by atoms with E-state index >= 15 is 0 Å². The molecule has 0 unspecified atom stereocenters. The predicted molar refractivity (Wildman–Crippen MR) is 55.2 cm³/mol. The van der Waals surface area contributed by atoms with Gasteiger partial charge in [-0.3, -0.25) is 0 Å². The van der Waals surface area contributed by atoms with E-state index in [1.54, 1.807) is 12.5 Å². The van der Waals surface area contributed by atoms with Crippen molar-refractivity contribution in [3.05, 3.63) is 48.3 Å². The highest BCUT2D eigenvalue weighted by Crippen LogP contribution is 2.53. The van der Waals surface area contributed by atoms with Crippen molar-refractivity contribution >= 4 is 0 Å². The maximum absolute atomic E-state index is 6.11. The molecule has 0 amide bonds. The summed E-state index contributed by atoms with van der Waals surface area (Å²) in [5.74, 6) is 2.85. The van der Waals surface area contributed by atoms with Crippen molar-refractivity contribution in [2.24, 2.45) is 11.7 Å². The number of hydrogen-bond donors (Lipinski definition) is 1. The summed E-state index contributed by atoms with van der Waals surface area (Å²) in [6, 6.07) is 7.74. The fourth-order valence-electron chi connectivity index (χ4n) is 2.13. The van der Waals surface area contributed by atoms with E-state index < -0.39 is 0 Å². The zero-order chi connectivity index (χ0) is 10.3. The van der Waals surface area contributed by atoms with Crippen LogP contribution in [0.3, 0.4) is 0 Å². The van der Waals surface area contributed by atoms with E-state index in [9.17, 15) is 0 Å². The molecule has 3 heteroatoms. The Labute approximate surface area is 87.9 Å². The lowest BCUT2D eigenvalue weighted by Gasteiger charge is -2.06. The summed E-state index contributed by atoms with van der Waals surface area (Å²) in [6.45, 7) is 0. The van der Waals surface area contributed by atoms with Gasteiger partial charge in [0.05, 0.1) is 18.6 Å². The minimum atomic E-state index is -0.00454. The van der Waals surface area contributed by atoms with Gasteiger partial charge in [0.15, 0.2) is 0 Å². The number of furan rings is 2. The van der Waals surface area contributed by atoms with Crippen LogP contribution in [-0.2, 0) is 0 Å². The average Bonchev–Trinajstić information content (AvgIpc) is 2.78. The maximum atomic E-state index is 6.11. The molecular formula is C12H13NO2. The van der Waals surface area contributed by atoms with Crippen LogP contribution in [0.2, 0.25) is 0 Å². The maximum Gasteiger partial charge on any atom is 0.120 e. The lowest BCUT2D eigenvalue weighted by Crippen LogP contribution is -2.12. The molecule has 0 saturated heterocycles. The van der Waals surface area contributed by atoms with Gasteiger partial charge in [-0.1, -0.05) is 0 Å². The van der Waals surface area contributed by atoms with E-state index in [1.807, 2.05) is 24.3 Å². The second kappa shape index (κ2) is 3.28. The number of rotatable bonds is 3. The van der Waals surface area contributed by atoms with Crippen molar-refractivity contribution < 1.29 is 8.83 Å². The summed E-state index contributed by atoms with van der Waals surface area (Å²) in [7, 11) is 0. The van der Waals surface area contributed by atoms with E-state index in [0.29, 0.717) is 11.8 Å². The van der Waals surface area contributed by atoms with Gasteiger partial charge in [-0.15, -0.1) is 0 Å². The fourth-order valence-corrected chi connectivity index (χ4v) is 2.13. The van der Waals surface area contributed by atoms with Crippen molar-refractivity contribution in [3.8, 4) is 0 Å². The molecule has 2 N–H and O–H groups in total. The highest BCUT2D eigenvalue weighted by molar-refractivity contribution is 5.20. The average molecular weight is 203 g/mol. The Hall–Kier alpha value is -1.48. The second-order valence-electron chi connectivity index (χ2n) is 4.06. The van der Waals surface area contributed by atoms with Crippen LogP contribution in [0.4, 0.5) is 0 Å². The fraction of sp³-hybridized carbons (Fsp3) is 0.333. The summed E-state index contributed by atoms with van der Waals surface area (Å²) in [5.41, 5.74) is 6.11. The summed E-state index contributed by atoms with van der Waals surface area (Å²) >= 11 is 0.